The first kappa shape index (κ1) is 18.7. The predicted octanol–water partition coefficient (Wildman–Crippen LogP) is 2.40. The number of amides is 1. The van der Waals surface area contributed by atoms with Crippen LogP contribution in [0.2, 0.25) is 0 Å². The Bertz CT molecular complexity index is 1160. The average molecular weight is 388 g/mol. The van der Waals surface area contributed by atoms with Crippen molar-refractivity contribution >= 4 is 17.5 Å². The summed E-state index contributed by atoms with van der Waals surface area (Å²) in [6, 6.07) is 9.17. The van der Waals surface area contributed by atoms with Gasteiger partial charge in [-0.25, -0.2) is 14.8 Å². The van der Waals surface area contributed by atoms with Crippen LogP contribution in [0.1, 0.15) is 29.4 Å². The van der Waals surface area contributed by atoms with Crippen molar-refractivity contribution in [2.24, 2.45) is 5.92 Å². The third-order valence-electron chi connectivity index (χ3n) is 4.81. The molecule has 1 aliphatic heterocycles. The number of carbonyl (C=O) groups is 2. The van der Waals surface area contributed by atoms with Gasteiger partial charge in [0.15, 0.2) is 5.69 Å². The van der Waals surface area contributed by atoms with E-state index in [2.05, 4.69) is 21.8 Å². The normalized spacial score (nSPS) is 16.0. The molecule has 1 aliphatic rings. The molecule has 0 unspecified atom stereocenters. The summed E-state index contributed by atoms with van der Waals surface area (Å²) in [6.45, 7) is 2.76. The molecule has 1 fully saturated rings. The fourth-order valence-corrected chi connectivity index (χ4v) is 3.30. The van der Waals surface area contributed by atoms with Crippen LogP contribution in [0.25, 0.3) is 17.0 Å². The lowest BCUT2D eigenvalue weighted by molar-refractivity contribution is -0.128. The molecule has 0 N–H and O–H groups in total. The van der Waals surface area contributed by atoms with E-state index >= 15 is 0 Å². The highest BCUT2D eigenvalue weighted by molar-refractivity contribution is 5.89. The highest BCUT2D eigenvalue weighted by Gasteiger charge is 2.27. The molecule has 0 saturated carbocycles. The Labute approximate surface area is 168 Å². The van der Waals surface area contributed by atoms with Gasteiger partial charge in [-0.3, -0.25) is 9.20 Å². The number of ether oxygens (including phenoxy) is 1. The van der Waals surface area contributed by atoms with Gasteiger partial charge in [0.25, 0.3) is 0 Å². The van der Waals surface area contributed by atoms with E-state index in [9.17, 15) is 9.59 Å². The Kier molecular flexibility index (Phi) is 5.00. The molecule has 146 valence electrons. The molecule has 2 aromatic heterocycles. The van der Waals surface area contributed by atoms with Crippen LogP contribution < -0.4 is 0 Å². The topological polar surface area (TPSA) is 76.8 Å². The standard InChI is InChI=1S/C22H20N4O3/c1-3-29-22(28)18-14-19-23-10-12-26(19)20(24-18)17-6-4-5-15(13-17)7-8-16-9-11-25(2)21(16)27/h4-6,10,12-14,16H,3,9,11H2,1-2H3/t16-/m0/s1. The Hall–Kier alpha value is -3.66. The first-order valence-corrected chi connectivity index (χ1v) is 9.45. The lowest BCUT2D eigenvalue weighted by Gasteiger charge is -2.08. The zero-order chi connectivity index (χ0) is 20.4. The Morgan fingerprint density at radius 3 is 2.97 bits per heavy atom. The number of nitrogens with zero attached hydrogens (tertiary/aromatic N) is 4. The van der Waals surface area contributed by atoms with E-state index in [4.69, 9.17) is 4.74 Å². The fraction of sp³-hybridized carbons (Fsp3) is 0.273. The van der Waals surface area contributed by atoms with Crippen molar-refractivity contribution in [1.29, 1.82) is 0 Å². The zero-order valence-corrected chi connectivity index (χ0v) is 16.3. The molecule has 7 nitrogen and oxygen atoms in total. The maximum absolute atomic E-state index is 12.2. The van der Waals surface area contributed by atoms with Gasteiger partial charge in [-0.15, -0.1) is 0 Å². The Balaban J connectivity index is 1.72. The number of hydrogen-bond acceptors (Lipinski definition) is 5. The number of rotatable bonds is 3. The van der Waals surface area contributed by atoms with E-state index in [1.54, 1.807) is 37.3 Å². The highest BCUT2D eigenvalue weighted by atomic mass is 16.5. The van der Waals surface area contributed by atoms with Crippen molar-refractivity contribution in [2.45, 2.75) is 13.3 Å². The van der Waals surface area contributed by atoms with Crippen LogP contribution in [0.3, 0.4) is 0 Å². The van der Waals surface area contributed by atoms with E-state index in [1.807, 2.05) is 28.7 Å². The van der Waals surface area contributed by atoms with Crippen molar-refractivity contribution in [3.05, 3.63) is 54.0 Å². The molecule has 0 spiro atoms. The fourth-order valence-electron chi connectivity index (χ4n) is 3.30. The van der Waals surface area contributed by atoms with Crippen molar-refractivity contribution < 1.29 is 14.3 Å². The van der Waals surface area contributed by atoms with Gasteiger partial charge in [0.2, 0.25) is 5.91 Å². The first-order chi connectivity index (χ1) is 14.1. The number of fused-ring (bicyclic) bond motifs is 1. The summed E-state index contributed by atoms with van der Waals surface area (Å²) in [5.41, 5.74) is 2.38. The predicted molar refractivity (Wildman–Crippen MR) is 107 cm³/mol. The van der Waals surface area contributed by atoms with Crippen molar-refractivity contribution in [2.75, 3.05) is 20.2 Å². The number of imidazole rings is 1. The smallest absolute Gasteiger partial charge is 0.357 e. The molecule has 0 bridgehead atoms. The largest absolute Gasteiger partial charge is 0.461 e. The van der Waals surface area contributed by atoms with Crippen LogP contribution in [-0.2, 0) is 9.53 Å². The summed E-state index contributed by atoms with van der Waals surface area (Å²) in [5, 5.41) is 0. The number of esters is 1. The van der Waals surface area contributed by atoms with E-state index in [0.717, 1.165) is 24.1 Å². The number of aromatic nitrogens is 3. The summed E-state index contributed by atoms with van der Waals surface area (Å²) in [4.78, 5) is 34.7. The highest BCUT2D eigenvalue weighted by Crippen LogP contribution is 2.21. The van der Waals surface area contributed by atoms with Crippen molar-refractivity contribution in [1.82, 2.24) is 19.3 Å². The quantitative estimate of drug-likeness (QED) is 0.509. The van der Waals surface area contributed by atoms with Gasteiger partial charge in [0, 0.05) is 43.2 Å². The molecule has 29 heavy (non-hydrogen) atoms. The van der Waals surface area contributed by atoms with Crippen LogP contribution in [0.15, 0.2) is 42.7 Å². The Morgan fingerprint density at radius 2 is 2.21 bits per heavy atom. The molecular formula is C22H20N4O3. The van der Waals surface area contributed by atoms with Gasteiger partial charge in [-0.1, -0.05) is 24.0 Å². The third-order valence-corrected chi connectivity index (χ3v) is 4.81. The summed E-state index contributed by atoms with van der Waals surface area (Å²) < 4.78 is 6.90. The first-order valence-electron chi connectivity index (χ1n) is 9.45. The van der Waals surface area contributed by atoms with Crippen LogP contribution in [0.4, 0.5) is 0 Å². The minimum absolute atomic E-state index is 0.0672. The lowest BCUT2D eigenvalue weighted by Crippen LogP contribution is -2.21. The maximum Gasteiger partial charge on any atom is 0.357 e. The molecule has 1 saturated heterocycles. The van der Waals surface area contributed by atoms with E-state index in [1.165, 1.54) is 0 Å². The van der Waals surface area contributed by atoms with Gasteiger partial charge in [-0.2, -0.15) is 0 Å². The number of carbonyl (C=O) groups excluding carboxylic acids is 2. The molecule has 1 aromatic carbocycles. The molecule has 0 radical (unpaired) electrons. The second-order valence-electron chi connectivity index (χ2n) is 6.79. The SMILES string of the molecule is CCOC(=O)c1cc2nccn2c(-c2cccc(C#C[C@H]3CCN(C)C3=O)c2)n1. The van der Waals surface area contributed by atoms with Crippen LogP contribution in [0.5, 0.6) is 0 Å². The summed E-state index contributed by atoms with van der Waals surface area (Å²) in [5.74, 6) is 6.08. The third kappa shape index (κ3) is 3.69. The molecule has 1 atom stereocenters. The van der Waals surface area contributed by atoms with Crippen LogP contribution in [-0.4, -0.2) is 51.3 Å². The number of hydrogen-bond donors (Lipinski definition) is 0. The summed E-state index contributed by atoms with van der Waals surface area (Å²) in [7, 11) is 1.79. The van der Waals surface area contributed by atoms with Crippen molar-refractivity contribution in [3.63, 3.8) is 0 Å². The number of likely N-dealkylation sites (tertiary alicyclic amines) is 1. The van der Waals surface area contributed by atoms with Gasteiger partial charge in [0.05, 0.1) is 6.61 Å². The van der Waals surface area contributed by atoms with Gasteiger partial charge in [-0.05, 0) is 25.5 Å². The number of benzene rings is 1. The molecule has 3 heterocycles. The summed E-state index contributed by atoms with van der Waals surface area (Å²) >= 11 is 0. The van der Waals surface area contributed by atoms with Crippen LogP contribution >= 0.6 is 0 Å². The van der Waals surface area contributed by atoms with Gasteiger partial charge in [0.1, 0.15) is 17.4 Å². The second kappa shape index (κ2) is 7.76. The van der Waals surface area contributed by atoms with E-state index in [0.29, 0.717) is 11.5 Å². The van der Waals surface area contributed by atoms with Gasteiger partial charge >= 0.3 is 5.97 Å². The minimum atomic E-state index is -0.487. The molecule has 7 heteroatoms. The minimum Gasteiger partial charge on any atom is -0.461 e. The maximum atomic E-state index is 12.2. The molecule has 0 aliphatic carbocycles. The monoisotopic (exact) mass is 388 g/mol. The van der Waals surface area contributed by atoms with Gasteiger partial charge < -0.3 is 9.64 Å². The van der Waals surface area contributed by atoms with E-state index < -0.39 is 5.97 Å². The lowest BCUT2D eigenvalue weighted by atomic mass is 10.1. The summed E-state index contributed by atoms with van der Waals surface area (Å²) in [6.07, 6.45) is 4.19. The van der Waals surface area contributed by atoms with Crippen molar-refractivity contribution in [3.8, 4) is 23.2 Å². The molecular weight excluding hydrogens is 368 g/mol. The average Bonchev–Trinajstić information content (AvgIpc) is 3.33. The second-order valence-corrected chi connectivity index (χ2v) is 6.79. The molecule has 3 aromatic rings. The Morgan fingerprint density at radius 1 is 1.34 bits per heavy atom. The molecule has 4 rings (SSSR count). The van der Waals surface area contributed by atoms with E-state index in [-0.39, 0.29) is 24.1 Å². The van der Waals surface area contributed by atoms with Crippen LogP contribution in [0, 0.1) is 17.8 Å². The zero-order valence-electron chi connectivity index (χ0n) is 16.3. The molecule has 1 amide bonds.